The van der Waals surface area contributed by atoms with Crippen molar-refractivity contribution in [1.29, 1.82) is 0 Å². The highest BCUT2D eigenvalue weighted by Gasteiger charge is 2.37. The zero-order valence-corrected chi connectivity index (χ0v) is 70.3. The first-order valence-corrected chi connectivity index (χ1v) is 39.1. The predicted molar refractivity (Wildman–Crippen MR) is 419 cm³/mol. The first-order valence-electron chi connectivity index (χ1n) is 30.1. The second kappa shape index (κ2) is 41.5. The lowest BCUT2D eigenvalue weighted by Gasteiger charge is -2.34. The summed E-state index contributed by atoms with van der Waals surface area (Å²) < 4.78 is 66.7. The number of aliphatic imine (C=N–C) groups is 1. The number of rotatable bonds is 19. The molecule has 0 aromatic heterocycles. The van der Waals surface area contributed by atoms with Gasteiger partial charge in [-0.15, -0.1) is 0 Å². The van der Waals surface area contributed by atoms with Crippen LogP contribution in [0.15, 0.2) is 153 Å². The Morgan fingerprint density at radius 1 is 0.521 bits per heavy atom. The van der Waals surface area contributed by atoms with Crippen LogP contribution in [0.5, 0.6) is 0 Å². The van der Waals surface area contributed by atoms with Gasteiger partial charge in [0, 0.05) is 54.1 Å². The second-order valence-corrected chi connectivity index (χ2v) is 40.1. The Morgan fingerprint density at radius 3 is 1.22 bits per heavy atom. The van der Waals surface area contributed by atoms with Crippen molar-refractivity contribution in [3.05, 3.63) is 172 Å². The molecule has 0 radical (unpaired) electrons. The van der Waals surface area contributed by atoms with Gasteiger partial charge in [-0.1, -0.05) is 140 Å². The van der Waals surface area contributed by atoms with E-state index in [1.54, 1.807) is 0 Å². The number of hydrogen-bond donors (Lipinski definition) is 7. The highest BCUT2D eigenvalue weighted by atomic mass is 79.9. The molecule has 0 aliphatic heterocycles. The molecule has 5 aromatic carbocycles. The van der Waals surface area contributed by atoms with E-state index in [2.05, 4.69) is 116 Å². The number of ether oxygens (including phenoxy) is 1. The predicted octanol–water partition coefficient (Wildman–Crippen LogP) is 16.8. The maximum atomic E-state index is 12.6. The molecular weight excluding hydrogens is 1620 g/mol. The molecule has 15 nitrogen and oxygen atoms in total. The molecule has 9 N–H and O–H groups in total. The zero-order chi connectivity index (χ0) is 73.1. The van der Waals surface area contributed by atoms with E-state index in [1.807, 2.05) is 260 Å². The largest absolute Gasteiger partial charge is 0.460 e. The van der Waals surface area contributed by atoms with Crippen LogP contribution in [0.2, 0.25) is 0 Å². The molecule has 0 saturated carbocycles. The molecule has 5 aromatic rings. The number of nitrogens with zero attached hydrogens (tertiary/aromatic N) is 2. The van der Waals surface area contributed by atoms with Crippen LogP contribution in [0.4, 0.5) is 0 Å². The third kappa shape index (κ3) is 36.2. The van der Waals surface area contributed by atoms with Crippen molar-refractivity contribution in [1.82, 2.24) is 9.44 Å². The summed E-state index contributed by atoms with van der Waals surface area (Å²) in [6, 6.07) is 39.0. The van der Waals surface area contributed by atoms with E-state index in [0.29, 0.717) is 19.3 Å². The van der Waals surface area contributed by atoms with E-state index in [9.17, 15) is 26.7 Å². The van der Waals surface area contributed by atoms with E-state index < -0.39 is 76.4 Å². The van der Waals surface area contributed by atoms with Gasteiger partial charge in [-0.2, -0.15) is 4.40 Å². The highest BCUT2D eigenvalue weighted by Crippen LogP contribution is 2.33. The monoisotopic (exact) mass is 1710 g/mol. The smallest absolute Gasteiger partial charge is 0.308 e. The maximum Gasteiger partial charge on any atom is 0.308 e. The van der Waals surface area contributed by atoms with Crippen LogP contribution in [-0.2, 0) is 75.6 Å². The molecule has 5 rings (SSSR count). The van der Waals surface area contributed by atoms with Gasteiger partial charge in [0.05, 0.1) is 85.9 Å². The molecule has 0 heterocycles. The van der Waals surface area contributed by atoms with Crippen LogP contribution < -0.4 is 20.3 Å². The molecule has 528 valence electrons. The van der Waals surface area contributed by atoms with E-state index in [1.165, 1.54) is 0 Å². The molecular formula is C69H103Br5N6O9S5. The minimum absolute atomic E-state index is 0.0390. The Morgan fingerprint density at radius 2 is 0.872 bits per heavy atom. The van der Waals surface area contributed by atoms with Crippen molar-refractivity contribution in [3.63, 3.8) is 0 Å². The molecule has 0 aliphatic rings. The van der Waals surface area contributed by atoms with Crippen molar-refractivity contribution in [3.8, 4) is 0 Å². The molecule has 0 fully saturated rings. The Hall–Kier alpha value is -2.24. The van der Waals surface area contributed by atoms with Crippen LogP contribution in [-0.4, -0.2) is 93.4 Å². The van der Waals surface area contributed by atoms with Gasteiger partial charge in [0.2, 0.25) is 0 Å². The lowest BCUT2D eigenvalue weighted by atomic mass is 9.90. The first-order chi connectivity index (χ1) is 42.8. The molecule has 0 bridgehead atoms. The summed E-state index contributed by atoms with van der Waals surface area (Å²) >= 11 is 21.7. The number of thiocarbonyl (C=S) groups is 1. The molecule has 0 spiro atoms. The van der Waals surface area contributed by atoms with Gasteiger partial charge in [-0.25, -0.2) is 31.3 Å². The number of isothiocyanates is 1. The average molecular weight is 1720 g/mol. The fourth-order valence-corrected chi connectivity index (χ4v) is 12.0. The highest BCUT2D eigenvalue weighted by molar-refractivity contribution is 9.11. The SMILES string of the molecule is CC(=N[S@](=O)C(C)(C)C)c1cccc(Br)c1.CC(C)(C)OC(=O)C[C@](C)(N[S@](=O)C(C)(C)C)c1cccc(Br)c1.CC(C)(C)S(N)=O.CC(C)(C)[S@@](=O)N[C@@](C)(CCO)c1cccc(Br)c1.C[C@@](CCO)(N=C=S)c1cccc(Br)c1.C[C@](N)(CCO)c1cccc(Br)c1. The number of esters is 1. The number of carbonyl (C=O) groups excluding carboxylic acids is 1. The van der Waals surface area contributed by atoms with Gasteiger partial charge < -0.3 is 25.8 Å². The van der Waals surface area contributed by atoms with Gasteiger partial charge in [0.25, 0.3) is 0 Å². The van der Waals surface area contributed by atoms with Gasteiger partial charge in [-0.05, 0) is 252 Å². The summed E-state index contributed by atoms with van der Waals surface area (Å²) in [5, 5.41) is 34.6. The Kier molecular flexibility index (Phi) is 40.5. The topological polar surface area (TPSA) is 256 Å². The molecule has 8 atom stereocenters. The van der Waals surface area contributed by atoms with E-state index in [0.717, 1.165) is 55.9 Å². The van der Waals surface area contributed by atoms with Crippen molar-refractivity contribution < 1.29 is 41.7 Å². The molecule has 1 unspecified atom stereocenters. The summed E-state index contributed by atoms with van der Waals surface area (Å²) in [5.74, 6) is -0.330. The van der Waals surface area contributed by atoms with Crippen molar-refractivity contribution >= 4 is 153 Å². The van der Waals surface area contributed by atoms with Gasteiger partial charge in [0.15, 0.2) is 0 Å². The lowest BCUT2D eigenvalue weighted by molar-refractivity contribution is -0.156. The number of nitrogens with two attached hydrogens (primary N) is 2. The van der Waals surface area contributed by atoms with E-state index in [-0.39, 0.29) is 46.5 Å². The molecule has 0 aliphatic carbocycles. The lowest BCUT2D eigenvalue weighted by Crippen LogP contribution is -2.48. The third-order valence-corrected chi connectivity index (χ3v) is 22.0. The molecule has 94 heavy (non-hydrogen) atoms. The minimum Gasteiger partial charge on any atom is -0.460 e. The third-order valence-electron chi connectivity index (χ3n) is 13.2. The number of aliphatic hydroxyl groups excluding tert-OH is 3. The summed E-state index contributed by atoms with van der Waals surface area (Å²) in [6.07, 6.45) is 1.70. The van der Waals surface area contributed by atoms with Gasteiger partial charge in [-0.3, -0.25) is 9.93 Å². The summed E-state index contributed by atoms with van der Waals surface area (Å²) in [6.45, 7) is 38.0. The summed E-state index contributed by atoms with van der Waals surface area (Å²) in [4.78, 5) is 16.5. The van der Waals surface area contributed by atoms with Crippen molar-refractivity contribution in [2.75, 3.05) is 19.8 Å². The Bertz CT molecular complexity index is 3360. The number of halogens is 5. The maximum absolute atomic E-state index is 12.6. The van der Waals surface area contributed by atoms with Gasteiger partial charge >= 0.3 is 5.97 Å². The second-order valence-electron chi connectivity index (χ2n) is 27.7. The molecule has 0 saturated heterocycles. The average Bonchev–Trinajstić information content (AvgIpc) is 0.820. The number of benzene rings is 5. The standard InChI is InChI=1S/C18H28BrNO3S.C14H22BrNO2S.C12H16BrNOS.C11H12BrNOS.C10H14BrNO.C4H11NOS/c1-16(2,3)23-15(21)12-18(7,20-24(22)17(4,5)6)13-9-8-10-14(19)11-13;1-13(2,3)19(18)16-14(4,8-9-17)11-6-5-7-12(15)10-11;1-9(14-16(15)12(2,3)4)10-6-5-7-11(13)8-10;1-11(5-6-14,13-8-15)9-3-2-4-10(12)7-9;1-10(12,5-6-13)8-3-2-4-9(11)7-8;1-4(2,3)7(5)6/h8-11,20H,12H2,1-7H3;5-7,10,16-17H,8-9H2,1-4H3;5-8H,1-4H3;2-4,7,14H,5-6H2,1H3;2-4,7,13H,5-6,12H2,1H3;5H2,1-3H3/t18-,24+;14-,19+;16-;11-;10-;/m00100./s1. The minimum atomic E-state index is -1.33. The fourth-order valence-electron chi connectivity index (χ4n) is 7.37. The zero-order valence-electron chi connectivity index (χ0n) is 58.3. The van der Waals surface area contributed by atoms with Gasteiger partial charge in [0.1, 0.15) is 16.6 Å². The summed E-state index contributed by atoms with van der Waals surface area (Å²) in [7, 11) is -4.90. The molecule has 0 amide bonds. The van der Waals surface area contributed by atoms with Crippen LogP contribution in [0, 0.1) is 0 Å². The number of carbonyl (C=O) groups is 1. The van der Waals surface area contributed by atoms with Crippen molar-refractivity contribution in [2.24, 2.45) is 20.3 Å². The van der Waals surface area contributed by atoms with Crippen LogP contribution in [0.25, 0.3) is 0 Å². The van der Waals surface area contributed by atoms with Crippen LogP contribution in [0.1, 0.15) is 192 Å². The number of aliphatic hydroxyl groups is 3. The Balaban J connectivity index is 0.00000114. The van der Waals surface area contributed by atoms with Crippen molar-refractivity contribution in [2.45, 2.75) is 211 Å². The fraction of sp³-hybridized carbons (Fsp3) is 0.522. The molecule has 25 heteroatoms. The first kappa shape index (κ1) is 91.8. The Labute approximate surface area is 620 Å². The van der Waals surface area contributed by atoms with E-state index >= 15 is 0 Å². The normalized spacial score (nSPS) is 15.7. The quantitative estimate of drug-likeness (QED) is 0.0232. The number of hydrogen-bond acceptors (Lipinski definition) is 12. The van der Waals surface area contributed by atoms with Crippen LogP contribution >= 0.6 is 91.9 Å². The van der Waals surface area contributed by atoms with Crippen LogP contribution in [0.3, 0.4) is 0 Å². The van der Waals surface area contributed by atoms with E-state index in [4.69, 9.17) is 25.8 Å². The number of nitrogens with one attached hydrogen (secondary N) is 2. The summed E-state index contributed by atoms with van der Waals surface area (Å²) in [5.41, 5.74) is 8.96.